The molecule has 1 aliphatic heterocycles. The van der Waals surface area contributed by atoms with Crippen LogP contribution < -0.4 is 4.74 Å². The van der Waals surface area contributed by atoms with E-state index in [1.165, 1.54) is 10.9 Å². The summed E-state index contributed by atoms with van der Waals surface area (Å²) >= 11 is 9.65. The third-order valence-corrected chi connectivity index (χ3v) is 6.12. The summed E-state index contributed by atoms with van der Waals surface area (Å²) in [6.07, 6.45) is 3.96. The molecular formula is C21H20BrClN2O2. The second-order valence-electron chi connectivity index (χ2n) is 6.85. The van der Waals surface area contributed by atoms with Gasteiger partial charge in [0.25, 0.3) is 5.91 Å². The number of halogens is 2. The van der Waals surface area contributed by atoms with Gasteiger partial charge >= 0.3 is 0 Å². The molecule has 1 aromatic heterocycles. The van der Waals surface area contributed by atoms with E-state index in [0.29, 0.717) is 16.5 Å². The number of rotatable bonds is 3. The minimum atomic E-state index is 0.000320. The van der Waals surface area contributed by atoms with Crippen molar-refractivity contribution in [2.24, 2.45) is 0 Å². The fraction of sp³-hybridized carbons (Fsp3) is 0.286. The molecule has 4 rings (SSSR count). The van der Waals surface area contributed by atoms with Gasteiger partial charge in [-0.3, -0.25) is 4.79 Å². The Morgan fingerprint density at radius 1 is 1.22 bits per heavy atom. The first-order chi connectivity index (χ1) is 13.1. The Balaban J connectivity index is 1.51. The van der Waals surface area contributed by atoms with Gasteiger partial charge in [-0.05, 0) is 60.7 Å². The zero-order chi connectivity index (χ0) is 19.0. The van der Waals surface area contributed by atoms with Gasteiger partial charge in [0.05, 0.1) is 17.7 Å². The van der Waals surface area contributed by atoms with Crippen molar-refractivity contribution in [2.45, 2.75) is 18.8 Å². The molecule has 0 spiro atoms. The maximum atomic E-state index is 12.9. The van der Waals surface area contributed by atoms with Gasteiger partial charge in [0.15, 0.2) is 0 Å². The molecule has 0 saturated carbocycles. The zero-order valence-corrected chi connectivity index (χ0v) is 17.3. The standard InChI is InChI=1S/C21H20BrClN2O2/c1-27-15-3-5-20-16(11-15)18(12-24-20)13-6-8-25(9-7-13)21(26)17-10-14(22)2-4-19(17)23/h2-5,10-13,24H,6-9H2,1H3. The predicted octanol–water partition coefficient (Wildman–Crippen LogP) is 5.61. The van der Waals surface area contributed by atoms with Crippen LogP contribution in [-0.2, 0) is 0 Å². The number of amides is 1. The summed E-state index contributed by atoms with van der Waals surface area (Å²) in [5.41, 5.74) is 2.98. The van der Waals surface area contributed by atoms with Crippen LogP contribution in [0.1, 0.15) is 34.7 Å². The maximum Gasteiger partial charge on any atom is 0.255 e. The third-order valence-electron chi connectivity index (χ3n) is 5.30. The molecule has 3 aromatic rings. The van der Waals surface area contributed by atoms with E-state index in [2.05, 4.69) is 33.2 Å². The molecule has 0 radical (unpaired) electrons. The Bertz CT molecular complexity index is 993. The van der Waals surface area contributed by atoms with Gasteiger partial charge in [-0.25, -0.2) is 0 Å². The van der Waals surface area contributed by atoms with Crippen molar-refractivity contribution >= 4 is 44.3 Å². The van der Waals surface area contributed by atoms with Crippen molar-refractivity contribution in [3.63, 3.8) is 0 Å². The van der Waals surface area contributed by atoms with E-state index < -0.39 is 0 Å². The number of aromatic amines is 1. The summed E-state index contributed by atoms with van der Waals surface area (Å²) in [6.45, 7) is 1.45. The quantitative estimate of drug-likeness (QED) is 0.567. The Labute approximate surface area is 171 Å². The normalized spacial score (nSPS) is 15.3. The molecule has 140 valence electrons. The number of nitrogens with one attached hydrogen (secondary N) is 1. The van der Waals surface area contributed by atoms with Crippen molar-refractivity contribution in [3.05, 3.63) is 63.2 Å². The summed E-state index contributed by atoms with van der Waals surface area (Å²) in [4.78, 5) is 18.1. The predicted molar refractivity (Wildman–Crippen MR) is 112 cm³/mol. The number of piperidine rings is 1. The second kappa shape index (κ2) is 7.56. The number of aromatic nitrogens is 1. The van der Waals surface area contributed by atoms with E-state index in [1.54, 1.807) is 19.2 Å². The number of ether oxygens (including phenoxy) is 1. The molecule has 1 amide bonds. The van der Waals surface area contributed by atoms with Crippen LogP contribution in [0, 0.1) is 0 Å². The molecule has 0 unspecified atom stereocenters. The van der Waals surface area contributed by atoms with E-state index >= 15 is 0 Å². The molecule has 0 aliphatic carbocycles. The number of H-pyrrole nitrogens is 1. The molecule has 27 heavy (non-hydrogen) atoms. The van der Waals surface area contributed by atoms with Crippen LogP contribution in [0.4, 0.5) is 0 Å². The molecule has 1 fully saturated rings. The van der Waals surface area contributed by atoms with Gasteiger partial charge in [0.2, 0.25) is 0 Å². The third kappa shape index (κ3) is 3.58. The van der Waals surface area contributed by atoms with E-state index in [-0.39, 0.29) is 5.91 Å². The summed E-state index contributed by atoms with van der Waals surface area (Å²) in [6, 6.07) is 11.5. The number of carbonyl (C=O) groups excluding carboxylic acids is 1. The van der Waals surface area contributed by atoms with Crippen LogP contribution in [-0.4, -0.2) is 36.0 Å². The van der Waals surface area contributed by atoms with Crippen LogP contribution in [0.25, 0.3) is 10.9 Å². The number of methoxy groups -OCH3 is 1. The Morgan fingerprint density at radius 2 is 2.00 bits per heavy atom. The molecule has 0 atom stereocenters. The smallest absolute Gasteiger partial charge is 0.255 e. The molecule has 0 bridgehead atoms. The van der Waals surface area contributed by atoms with E-state index in [1.807, 2.05) is 23.1 Å². The first kappa shape index (κ1) is 18.4. The lowest BCUT2D eigenvalue weighted by Gasteiger charge is -2.32. The number of hydrogen-bond donors (Lipinski definition) is 1. The van der Waals surface area contributed by atoms with Crippen molar-refractivity contribution < 1.29 is 9.53 Å². The summed E-state index contributed by atoms with van der Waals surface area (Å²) in [7, 11) is 1.69. The summed E-state index contributed by atoms with van der Waals surface area (Å²) in [5.74, 6) is 1.29. The maximum absolute atomic E-state index is 12.9. The van der Waals surface area contributed by atoms with Crippen molar-refractivity contribution in [1.82, 2.24) is 9.88 Å². The molecule has 2 heterocycles. The average molecular weight is 448 g/mol. The summed E-state index contributed by atoms with van der Waals surface area (Å²) < 4.78 is 6.23. The average Bonchev–Trinajstić information content (AvgIpc) is 3.12. The highest BCUT2D eigenvalue weighted by Crippen LogP contribution is 2.35. The van der Waals surface area contributed by atoms with Crippen molar-refractivity contribution in [2.75, 3.05) is 20.2 Å². The zero-order valence-electron chi connectivity index (χ0n) is 15.0. The minimum absolute atomic E-state index is 0.000320. The van der Waals surface area contributed by atoms with Crippen LogP contribution in [0.15, 0.2) is 47.1 Å². The number of hydrogen-bond acceptors (Lipinski definition) is 2. The number of fused-ring (bicyclic) bond motifs is 1. The van der Waals surface area contributed by atoms with Crippen LogP contribution >= 0.6 is 27.5 Å². The molecule has 1 aliphatic rings. The molecule has 2 aromatic carbocycles. The highest BCUT2D eigenvalue weighted by Gasteiger charge is 2.27. The van der Waals surface area contributed by atoms with Gasteiger partial charge in [-0.15, -0.1) is 0 Å². The van der Waals surface area contributed by atoms with Crippen LogP contribution in [0.3, 0.4) is 0 Å². The first-order valence-corrected chi connectivity index (χ1v) is 10.1. The van der Waals surface area contributed by atoms with Gasteiger partial charge in [0.1, 0.15) is 5.75 Å². The molecule has 6 heteroatoms. The first-order valence-electron chi connectivity index (χ1n) is 8.96. The van der Waals surface area contributed by atoms with Gasteiger partial charge in [-0.2, -0.15) is 0 Å². The lowest BCUT2D eigenvalue weighted by molar-refractivity contribution is 0.0713. The molecule has 4 nitrogen and oxygen atoms in total. The van der Waals surface area contributed by atoms with E-state index in [0.717, 1.165) is 41.7 Å². The van der Waals surface area contributed by atoms with Gasteiger partial charge in [0, 0.05) is 34.7 Å². The lowest BCUT2D eigenvalue weighted by Crippen LogP contribution is -2.38. The Morgan fingerprint density at radius 3 is 2.74 bits per heavy atom. The second-order valence-corrected chi connectivity index (χ2v) is 8.17. The monoisotopic (exact) mass is 446 g/mol. The lowest BCUT2D eigenvalue weighted by atomic mass is 9.89. The van der Waals surface area contributed by atoms with Gasteiger partial charge < -0.3 is 14.6 Å². The van der Waals surface area contributed by atoms with Crippen LogP contribution in [0.2, 0.25) is 5.02 Å². The highest BCUT2D eigenvalue weighted by atomic mass is 79.9. The fourth-order valence-corrected chi connectivity index (χ4v) is 4.37. The minimum Gasteiger partial charge on any atom is -0.497 e. The van der Waals surface area contributed by atoms with Crippen LogP contribution in [0.5, 0.6) is 5.75 Å². The summed E-state index contributed by atoms with van der Waals surface area (Å²) in [5, 5.41) is 1.70. The number of likely N-dealkylation sites (tertiary alicyclic amines) is 1. The number of nitrogens with zero attached hydrogens (tertiary/aromatic N) is 1. The largest absolute Gasteiger partial charge is 0.497 e. The number of carbonyl (C=O) groups is 1. The molecular weight excluding hydrogens is 428 g/mol. The molecule has 1 saturated heterocycles. The van der Waals surface area contributed by atoms with E-state index in [9.17, 15) is 4.79 Å². The Kier molecular flexibility index (Phi) is 5.15. The topological polar surface area (TPSA) is 45.3 Å². The Hall–Kier alpha value is -1.98. The SMILES string of the molecule is COc1ccc2[nH]cc(C3CCN(C(=O)c4cc(Br)ccc4Cl)CC3)c2c1. The van der Waals surface area contributed by atoms with E-state index in [4.69, 9.17) is 16.3 Å². The fourth-order valence-electron chi connectivity index (χ4n) is 3.81. The highest BCUT2D eigenvalue weighted by molar-refractivity contribution is 9.10. The molecule has 1 N–H and O–H groups in total. The van der Waals surface area contributed by atoms with Crippen molar-refractivity contribution in [1.29, 1.82) is 0 Å². The van der Waals surface area contributed by atoms with Crippen molar-refractivity contribution in [3.8, 4) is 5.75 Å². The van der Waals surface area contributed by atoms with Gasteiger partial charge in [-0.1, -0.05) is 27.5 Å². The number of benzene rings is 2.